The summed E-state index contributed by atoms with van der Waals surface area (Å²) in [6.45, 7) is 13.3. The zero-order chi connectivity index (χ0) is 9.72. The van der Waals surface area contributed by atoms with Crippen molar-refractivity contribution < 1.29 is 0 Å². The fourth-order valence-corrected chi connectivity index (χ4v) is 1.35. The summed E-state index contributed by atoms with van der Waals surface area (Å²) in [6.07, 6.45) is 4.47. The Bertz CT molecular complexity index is 170. The molecule has 0 heterocycles. The van der Waals surface area contributed by atoms with Gasteiger partial charge in [-0.2, -0.15) is 0 Å². The Morgan fingerprint density at radius 1 is 1.00 bits per heavy atom. The quantitative estimate of drug-likeness (QED) is 0.551. The molecule has 0 aromatic rings. The van der Waals surface area contributed by atoms with Crippen molar-refractivity contribution in [2.75, 3.05) is 0 Å². The van der Waals surface area contributed by atoms with Crippen LogP contribution in [0.25, 0.3) is 0 Å². The zero-order valence-corrected chi connectivity index (χ0v) is 9.31. The van der Waals surface area contributed by atoms with E-state index in [-0.39, 0.29) is 0 Å². The highest BCUT2D eigenvalue weighted by molar-refractivity contribution is 5.23. The summed E-state index contributed by atoms with van der Waals surface area (Å²) < 4.78 is 0. The molecular formula is C12H22. The van der Waals surface area contributed by atoms with Crippen molar-refractivity contribution in [1.29, 1.82) is 0 Å². The molecule has 0 rings (SSSR count). The van der Waals surface area contributed by atoms with E-state index < -0.39 is 0 Å². The minimum atomic E-state index is 0.667. The van der Waals surface area contributed by atoms with Crippen molar-refractivity contribution in [3.63, 3.8) is 0 Å². The highest BCUT2D eigenvalue weighted by Crippen LogP contribution is 2.20. The van der Waals surface area contributed by atoms with E-state index in [9.17, 15) is 0 Å². The molecule has 0 amide bonds. The first kappa shape index (κ1) is 11.5. The highest BCUT2D eigenvalue weighted by atomic mass is 14.1. The van der Waals surface area contributed by atoms with Crippen molar-refractivity contribution >= 4 is 0 Å². The van der Waals surface area contributed by atoms with Gasteiger partial charge in [-0.15, -0.1) is 0 Å². The van der Waals surface area contributed by atoms with Gasteiger partial charge in [0.25, 0.3) is 0 Å². The number of allylic oxidation sites excluding steroid dienone is 4. The normalized spacial score (nSPS) is 12.5. The van der Waals surface area contributed by atoms with E-state index in [1.165, 1.54) is 5.57 Å². The van der Waals surface area contributed by atoms with Crippen LogP contribution >= 0.6 is 0 Å². The van der Waals surface area contributed by atoms with Crippen molar-refractivity contribution in [1.82, 2.24) is 0 Å². The predicted octanol–water partition coefficient (Wildman–Crippen LogP) is 4.19. The minimum absolute atomic E-state index is 0.667. The van der Waals surface area contributed by atoms with Gasteiger partial charge in [-0.05, 0) is 25.7 Å². The first-order valence-corrected chi connectivity index (χ1v) is 4.83. The van der Waals surface area contributed by atoms with E-state index in [1.54, 1.807) is 5.57 Å². The molecule has 0 spiro atoms. The summed E-state index contributed by atoms with van der Waals surface area (Å²) in [5, 5.41) is 0. The molecule has 0 bridgehead atoms. The van der Waals surface area contributed by atoms with Crippen LogP contribution in [0.1, 0.15) is 41.5 Å². The Morgan fingerprint density at radius 3 is 1.67 bits per heavy atom. The Morgan fingerprint density at radius 2 is 1.42 bits per heavy atom. The molecule has 0 atom stereocenters. The van der Waals surface area contributed by atoms with Crippen molar-refractivity contribution in [2.24, 2.45) is 11.8 Å². The predicted molar refractivity (Wildman–Crippen MR) is 57.2 cm³/mol. The molecule has 70 valence electrons. The van der Waals surface area contributed by atoms with Gasteiger partial charge in [0.1, 0.15) is 0 Å². The molecule has 12 heavy (non-hydrogen) atoms. The van der Waals surface area contributed by atoms with Gasteiger partial charge in [0, 0.05) is 0 Å². The summed E-state index contributed by atoms with van der Waals surface area (Å²) in [5.74, 6) is 1.33. The standard InChI is InChI=1S/C12H22/c1-7-11(6)8-12(9(2)3)10(4)5/h7-10H,1-6H3. The molecule has 0 unspecified atom stereocenters. The maximum atomic E-state index is 2.31. The van der Waals surface area contributed by atoms with Gasteiger partial charge < -0.3 is 0 Å². The van der Waals surface area contributed by atoms with E-state index in [4.69, 9.17) is 0 Å². The van der Waals surface area contributed by atoms with Gasteiger partial charge in [0.05, 0.1) is 0 Å². The SMILES string of the molecule is CC=C(C)C=C(C(C)C)C(C)C. The summed E-state index contributed by atoms with van der Waals surface area (Å²) in [7, 11) is 0. The monoisotopic (exact) mass is 166 g/mol. The van der Waals surface area contributed by atoms with Gasteiger partial charge in [-0.25, -0.2) is 0 Å². The lowest BCUT2D eigenvalue weighted by atomic mass is 9.91. The fourth-order valence-electron chi connectivity index (χ4n) is 1.35. The lowest BCUT2D eigenvalue weighted by Crippen LogP contribution is -2.02. The second kappa shape index (κ2) is 5.18. The first-order valence-electron chi connectivity index (χ1n) is 4.83. The summed E-state index contributed by atoms with van der Waals surface area (Å²) in [5.41, 5.74) is 2.91. The van der Waals surface area contributed by atoms with Crippen LogP contribution in [0.5, 0.6) is 0 Å². The third-order valence-electron chi connectivity index (χ3n) is 2.18. The van der Waals surface area contributed by atoms with Gasteiger partial charge in [0.2, 0.25) is 0 Å². The van der Waals surface area contributed by atoms with E-state index in [2.05, 4.69) is 53.7 Å². The molecule has 0 heteroatoms. The fraction of sp³-hybridized carbons (Fsp3) is 0.667. The average molecular weight is 166 g/mol. The number of rotatable bonds is 3. The largest absolute Gasteiger partial charge is 0.0847 e. The summed E-state index contributed by atoms with van der Waals surface area (Å²) in [4.78, 5) is 0. The van der Waals surface area contributed by atoms with Crippen LogP contribution in [-0.4, -0.2) is 0 Å². The minimum Gasteiger partial charge on any atom is -0.0847 e. The van der Waals surface area contributed by atoms with Gasteiger partial charge in [0.15, 0.2) is 0 Å². The Labute approximate surface area is 77.4 Å². The molecule has 0 radical (unpaired) electrons. The van der Waals surface area contributed by atoms with Crippen LogP contribution in [0.15, 0.2) is 23.3 Å². The molecule has 0 nitrogen and oxygen atoms in total. The van der Waals surface area contributed by atoms with Crippen molar-refractivity contribution in [2.45, 2.75) is 41.5 Å². The Balaban J connectivity index is 4.62. The second-order valence-electron chi connectivity index (χ2n) is 3.99. The average Bonchev–Trinajstić information content (AvgIpc) is 1.98. The molecule has 0 N–H and O–H groups in total. The van der Waals surface area contributed by atoms with Crippen LogP contribution in [-0.2, 0) is 0 Å². The van der Waals surface area contributed by atoms with Crippen LogP contribution < -0.4 is 0 Å². The maximum Gasteiger partial charge on any atom is -0.0254 e. The lowest BCUT2D eigenvalue weighted by molar-refractivity contribution is 0.625. The molecule has 0 aliphatic carbocycles. The van der Waals surface area contributed by atoms with Crippen molar-refractivity contribution in [3.05, 3.63) is 23.3 Å². The van der Waals surface area contributed by atoms with Gasteiger partial charge >= 0.3 is 0 Å². The van der Waals surface area contributed by atoms with E-state index >= 15 is 0 Å². The molecular weight excluding hydrogens is 144 g/mol. The van der Waals surface area contributed by atoms with Crippen molar-refractivity contribution in [3.8, 4) is 0 Å². The number of hydrogen-bond acceptors (Lipinski definition) is 0. The van der Waals surface area contributed by atoms with Crippen LogP contribution in [0.3, 0.4) is 0 Å². The van der Waals surface area contributed by atoms with Gasteiger partial charge in [-0.3, -0.25) is 0 Å². The van der Waals surface area contributed by atoms with Crippen LogP contribution in [0, 0.1) is 11.8 Å². The molecule has 0 fully saturated rings. The van der Waals surface area contributed by atoms with Crippen LogP contribution in [0.2, 0.25) is 0 Å². The smallest absolute Gasteiger partial charge is 0.0254 e. The maximum absolute atomic E-state index is 2.31. The Hall–Kier alpha value is -0.520. The summed E-state index contributed by atoms with van der Waals surface area (Å²) >= 11 is 0. The second-order valence-corrected chi connectivity index (χ2v) is 3.99. The summed E-state index contributed by atoms with van der Waals surface area (Å²) in [6, 6.07) is 0. The molecule has 0 aliphatic rings. The highest BCUT2D eigenvalue weighted by Gasteiger charge is 2.06. The zero-order valence-electron chi connectivity index (χ0n) is 9.31. The molecule has 0 aromatic heterocycles. The van der Waals surface area contributed by atoms with Crippen LogP contribution in [0.4, 0.5) is 0 Å². The number of hydrogen-bond donors (Lipinski definition) is 0. The molecule has 0 aliphatic heterocycles. The molecule has 0 aromatic carbocycles. The molecule has 0 saturated carbocycles. The van der Waals surface area contributed by atoms with Gasteiger partial charge in [-0.1, -0.05) is 51.0 Å². The lowest BCUT2D eigenvalue weighted by Gasteiger charge is -2.15. The first-order chi connectivity index (χ1) is 5.49. The Kier molecular flexibility index (Phi) is 4.96. The topological polar surface area (TPSA) is 0 Å². The van der Waals surface area contributed by atoms with E-state index in [0.29, 0.717) is 11.8 Å². The van der Waals surface area contributed by atoms with E-state index in [1.807, 2.05) is 0 Å². The molecule has 0 saturated heterocycles. The third-order valence-corrected chi connectivity index (χ3v) is 2.18. The van der Waals surface area contributed by atoms with E-state index in [0.717, 1.165) is 0 Å². The third kappa shape index (κ3) is 3.75.